The van der Waals surface area contributed by atoms with E-state index in [0.29, 0.717) is 72.3 Å². The lowest BCUT2D eigenvalue weighted by molar-refractivity contribution is -0.277. The molecular weight excluding hydrogens is 1230 g/mol. The summed E-state index contributed by atoms with van der Waals surface area (Å²) in [6.45, 7) is -0.747. The maximum Gasteiger partial charge on any atom is 0.229 e. The first kappa shape index (κ1) is 61.2. The molecule has 0 aromatic heterocycles. The Labute approximate surface area is 547 Å². The van der Waals surface area contributed by atoms with Gasteiger partial charge >= 0.3 is 0 Å². The molecule has 0 bridgehead atoms. The van der Waals surface area contributed by atoms with E-state index in [1.807, 2.05) is 0 Å². The highest BCUT2D eigenvalue weighted by atomic mass is 16.7. The van der Waals surface area contributed by atoms with E-state index in [0.717, 1.165) is 0 Å². The van der Waals surface area contributed by atoms with E-state index in [-0.39, 0.29) is 104 Å². The van der Waals surface area contributed by atoms with Gasteiger partial charge in [-0.2, -0.15) is 0 Å². The Morgan fingerprint density at radius 3 is 1.50 bits per heavy atom. The summed E-state index contributed by atoms with van der Waals surface area (Å²) < 4.78 is 26.4. The van der Waals surface area contributed by atoms with Crippen LogP contribution in [0, 0.1) is 0 Å². The summed E-state index contributed by atoms with van der Waals surface area (Å²) in [7, 11) is 0. The molecule has 3 aliphatic heterocycles. The molecule has 15 rings (SSSR count). The number of ether oxygens (including phenoxy) is 4. The van der Waals surface area contributed by atoms with Crippen LogP contribution in [0.2, 0.25) is 0 Å². The number of phenols is 12. The van der Waals surface area contributed by atoms with Crippen LogP contribution < -0.4 is 14.2 Å². The lowest BCUT2D eigenvalue weighted by Gasteiger charge is -2.39. The van der Waals surface area contributed by atoms with Gasteiger partial charge in [0.1, 0.15) is 123 Å². The van der Waals surface area contributed by atoms with E-state index in [2.05, 4.69) is 0 Å². The first-order valence-electron chi connectivity index (χ1n) is 31.2. The Bertz CT molecular complexity index is 4630. The molecule has 2 aliphatic carbocycles. The van der Waals surface area contributed by atoms with Crippen LogP contribution in [0.4, 0.5) is 0 Å². The molecule has 14 atom stereocenters. The minimum absolute atomic E-state index is 0.0396. The highest BCUT2D eigenvalue weighted by Crippen LogP contribution is 2.73. The Morgan fingerprint density at radius 2 is 0.906 bits per heavy atom. The van der Waals surface area contributed by atoms with Crippen LogP contribution >= 0.6 is 0 Å². The average molecular weight is 1300 g/mol. The van der Waals surface area contributed by atoms with Crippen LogP contribution in [-0.2, 0) is 11.2 Å². The molecule has 1 fully saturated rings. The summed E-state index contributed by atoms with van der Waals surface area (Å²) in [6.07, 6.45) is -10.6. The molecule has 0 amide bonds. The predicted molar refractivity (Wildman–Crippen MR) is 344 cm³/mol. The van der Waals surface area contributed by atoms with Crippen molar-refractivity contribution < 1.29 is 101 Å². The van der Waals surface area contributed by atoms with E-state index >= 15 is 0 Å². The fraction of sp³-hybridized carbons (Fsp3) is 0.211. The van der Waals surface area contributed by atoms with Crippen molar-refractivity contribution in [2.75, 3.05) is 6.61 Å². The number of aromatic hydroxyl groups is 12. The highest BCUT2D eigenvalue weighted by Gasteiger charge is 2.59. The van der Waals surface area contributed by atoms with Crippen molar-refractivity contribution in [2.45, 2.75) is 90.8 Å². The van der Waals surface area contributed by atoms with Crippen molar-refractivity contribution >= 4 is 0 Å². The first-order chi connectivity index (χ1) is 46.2. The van der Waals surface area contributed by atoms with Crippen LogP contribution in [0.5, 0.6) is 86.2 Å². The zero-order valence-electron chi connectivity index (χ0n) is 50.6. The molecule has 0 spiro atoms. The molecule has 1 saturated heterocycles. The van der Waals surface area contributed by atoms with E-state index in [4.69, 9.17) is 18.9 Å². The third kappa shape index (κ3) is 10.3. The van der Waals surface area contributed by atoms with E-state index in [1.165, 1.54) is 109 Å². The summed E-state index contributed by atoms with van der Waals surface area (Å²) in [5.41, 5.74) is 6.31. The number of aliphatic hydroxyl groups is 4. The standard InChI is InChI=1S/C76H64O20/c77-32-56-69(89)71(91)72(92)76(95-56)93-50-22-33(21-45(83)27-50)23-51(34-1-11-40(78)12-2-34)64-70(90)67-62(53-29-49(87)31-55-61(53)59(39-24-46(84)26-47(85)25-39)73(94-55)37-7-17-43(81)18-8-37)58(36-5-15-42(80)16-6-36)65-57(35-3-13-41(79)14-4-35)60-52(28-48(86)30-54(60)88)63-68(66(65)67)75(64)96-74(63)38-9-19-44(82)20-10-38/h1-22,24-31,51,56-59,62-63,65,69,71-74,76-92H,23,32H2/t51-,56-,57+,58+,59+,62+,63+,65-,69-,71+,72-,73-,74-,76-/m1/s1. The monoisotopic (exact) mass is 1300 g/mol. The number of hydrogen-bond donors (Lipinski definition) is 16. The minimum atomic E-state index is -1.83. The molecule has 0 saturated carbocycles. The van der Waals surface area contributed by atoms with Crippen molar-refractivity contribution in [2.24, 2.45) is 0 Å². The second-order valence-corrected chi connectivity index (χ2v) is 25.4. The van der Waals surface area contributed by atoms with Crippen molar-refractivity contribution in [1.29, 1.82) is 0 Å². The number of aliphatic hydroxyl groups excluding tert-OH is 4. The van der Waals surface area contributed by atoms with Gasteiger partial charge in [-0.3, -0.25) is 0 Å². The third-order valence-corrected chi connectivity index (χ3v) is 19.8. The van der Waals surface area contributed by atoms with Gasteiger partial charge in [-0.15, -0.1) is 0 Å². The van der Waals surface area contributed by atoms with Gasteiger partial charge < -0.3 is 101 Å². The SMILES string of the molecule is OC[C@H]1O[C@@H](Oc2cc(O)cc(C[C@H](c3ccc(O)cc3)c3c(O)c4c5c6c3O[C@H](c3ccc(O)cc3)[C@H]6c3cc(O)cc(O)c3[C@H](c3ccc(O)cc3)[C@@H]5[C@@H](c3ccc(O)cc3)[C@@H]4c3cc(O)cc4c3[C@H](c3cc(O)cc(O)c3)[C@@H](c3ccc(O)cc3)O4)c2)[C@H](O)[C@@H](O)[C@@H]1O. The van der Waals surface area contributed by atoms with Crippen LogP contribution in [0.3, 0.4) is 0 Å². The van der Waals surface area contributed by atoms with Gasteiger partial charge in [0, 0.05) is 81.7 Å². The van der Waals surface area contributed by atoms with Crippen LogP contribution in [0.15, 0.2) is 182 Å². The molecule has 0 radical (unpaired) electrons. The maximum absolute atomic E-state index is 14.7. The third-order valence-electron chi connectivity index (χ3n) is 19.8. The number of phenolic OH excluding ortho intramolecular Hbond substituents is 12. The van der Waals surface area contributed by atoms with Crippen molar-refractivity contribution in [3.05, 3.63) is 265 Å². The molecule has 20 nitrogen and oxygen atoms in total. The van der Waals surface area contributed by atoms with Gasteiger partial charge in [0.25, 0.3) is 0 Å². The highest BCUT2D eigenvalue weighted by molar-refractivity contribution is 5.77. The van der Waals surface area contributed by atoms with Gasteiger partial charge in [0.15, 0.2) is 0 Å². The van der Waals surface area contributed by atoms with Crippen LogP contribution in [0.1, 0.15) is 137 Å². The molecule has 0 unspecified atom stereocenters. The minimum Gasteiger partial charge on any atom is -0.508 e. The Balaban J connectivity index is 1.07. The molecule has 10 aromatic rings. The van der Waals surface area contributed by atoms with E-state index in [9.17, 15) is 81.7 Å². The number of hydrogen-bond acceptors (Lipinski definition) is 20. The van der Waals surface area contributed by atoms with Crippen molar-refractivity contribution in [1.82, 2.24) is 0 Å². The molecule has 20 heteroatoms. The van der Waals surface area contributed by atoms with Crippen LogP contribution in [-0.4, -0.2) is 119 Å². The second-order valence-electron chi connectivity index (χ2n) is 25.4. The lowest BCUT2D eigenvalue weighted by atomic mass is 9.68. The molecule has 488 valence electrons. The zero-order valence-corrected chi connectivity index (χ0v) is 50.6. The average Bonchev–Trinajstić information content (AvgIpc) is 1.51. The van der Waals surface area contributed by atoms with Gasteiger partial charge in [-0.1, -0.05) is 60.7 Å². The number of benzene rings is 10. The summed E-state index contributed by atoms with van der Waals surface area (Å²) >= 11 is 0. The quantitative estimate of drug-likeness (QED) is 0.0510. The first-order valence-corrected chi connectivity index (χ1v) is 31.2. The number of rotatable bonds is 13. The van der Waals surface area contributed by atoms with Gasteiger partial charge in [-0.05, 0) is 159 Å². The van der Waals surface area contributed by atoms with Crippen molar-refractivity contribution in [3.8, 4) is 86.2 Å². The smallest absolute Gasteiger partial charge is 0.229 e. The molecule has 96 heavy (non-hydrogen) atoms. The molecule has 10 aromatic carbocycles. The van der Waals surface area contributed by atoms with E-state index in [1.54, 1.807) is 72.8 Å². The fourth-order valence-corrected chi connectivity index (χ4v) is 15.9. The topological polar surface area (TPSA) is 361 Å². The Hall–Kier alpha value is -11.0. The molecule has 5 aliphatic rings. The molecular formula is C76H64O20. The summed E-state index contributed by atoms with van der Waals surface area (Å²) in [4.78, 5) is 0. The summed E-state index contributed by atoms with van der Waals surface area (Å²) in [5.74, 6) is -9.40. The fourth-order valence-electron chi connectivity index (χ4n) is 15.9. The normalized spacial score (nSPS) is 24.6. The summed E-state index contributed by atoms with van der Waals surface area (Å²) in [6, 6.07) is 46.1. The van der Waals surface area contributed by atoms with Gasteiger partial charge in [-0.25, -0.2) is 0 Å². The molecule has 3 heterocycles. The molecule has 16 N–H and O–H groups in total. The largest absolute Gasteiger partial charge is 0.508 e. The Morgan fingerprint density at radius 1 is 0.385 bits per heavy atom. The van der Waals surface area contributed by atoms with Gasteiger partial charge in [0.2, 0.25) is 6.29 Å². The number of fused-ring (bicyclic) bond motifs is 3. The zero-order chi connectivity index (χ0) is 66.9. The Kier molecular flexibility index (Phi) is 15.0. The van der Waals surface area contributed by atoms with Crippen LogP contribution in [0.25, 0.3) is 0 Å². The lowest BCUT2D eigenvalue weighted by Crippen LogP contribution is -2.60. The maximum atomic E-state index is 14.7. The predicted octanol–water partition coefficient (Wildman–Crippen LogP) is 10.4. The van der Waals surface area contributed by atoms with Gasteiger partial charge in [0.05, 0.1) is 18.4 Å². The second kappa shape index (κ2) is 23.5. The van der Waals surface area contributed by atoms with E-state index < -0.39 is 90.9 Å². The van der Waals surface area contributed by atoms with Crippen molar-refractivity contribution in [3.63, 3.8) is 0 Å². The summed E-state index contributed by atoms with van der Waals surface area (Å²) in [5, 5.41) is 184.